The van der Waals surface area contributed by atoms with Gasteiger partial charge in [0.1, 0.15) is 0 Å². The van der Waals surface area contributed by atoms with E-state index < -0.39 is 22.8 Å². The first kappa shape index (κ1) is 23.7. The Labute approximate surface area is 165 Å². The van der Waals surface area contributed by atoms with Gasteiger partial charge in [0.2, 0.25) is 0 Å². The van der Waals surface area contributed by atoms with E-state index in [0.717, 1.165) is 19.3 Å². The summed E-state index contributed by atoms with van der Waals surface area (Å²) in [6, 6.07) is 0. The summed E-state index contributed by atoms with van der Waals surface area (Å²) in [4.78, 5) is 24.7. The first-order valence-corrected chi connectivity index (χ1v) is 11.0. The first-order chi connectivity index (χ1) is 12.9. The van der Waals surface area contributed by atoms with E-state index in [1.54, 1.807) is 0 Å². The fraction of sp³-hybridized carbons (Fsp3) is 0.826. The van der Waals surface area contributed by atoms with E-state index >= 15 is 0 Å². The molecule has 4 nitrogen and oxygen atoms in total. The molecule has 0 saturated heterocycles. The highest BCUT2D eigenvalue weighted by Crippen LogP contribution is 2.57. The molecular weight excluding hydrogens is 340 g/mol. The van der Waals surface area contributed by atoms with Crippen molar-refractivity contribution in [3.63, 3.8) is 0 Å². The van der Waals surface area contributed by atoms with Gasteiger partial charge in [0, 0.05) is 0 Å². The van der Waals surface area contributed by atoms with Crippen molar-refractivity contribution in [1.29, 1.82) is 0 Å². The third kappa shape index (κ3) is 5.36. The van der Waals surface area contributed by atoms with E-state index in [0.29, 0.717) is 25.7 Å². The molecule has 0 amide bonds. The van der Waals surface area contributed by atoms with E-state index in [1.165, 1.54) is 38.5 Å². The third-order valence-electron chi connectivity index (χ3n) is 6.88. The van der Waals surface area contributed by atoms with Gasteiger partial charge in [0.05, 0.1) is 10.8 Å². The molecule has 3 atom stereocenters. The average molecular weight is 381 g/mol. The van der Waals surface area contributed by atoms with E-state index in [4.69, 9.17) is 0 Å². The first-order valence-electron chi connectivity index (χ1n) is 11.0. The Kier molecular flexibility index (Phi) is 10.1. The van der Waals surface area contributed by atoms with Crippen LogP contribution < -0.4 is 0 Å². The summed E-state index contributed by atoms with van der Waals surface area (Å²) in [6.07, 6.45) is 16.0. The smallest absolute Gasteiger partial charge is 0.311 e. The largest absolute Gasteiger partial charge is 0.481 e. The lowest BCUT2D eigenvalue weighted by Crippen LogP contribution is -2.56. The van der Waals surface area contributed by atoms with Crippen LogP contribution in [-0.2, 0) is 9.59 Å². The van der Waals surface area contributed by atoms with Crippen LogP contribution in [0.25, 0.3) is 0 Å². The standard InChI is InChI=1S/C23H40O4/c1-4-6-7-8-9-10-11-12-13-16-22(20(24)25)17-14-15-18-23(22,21(26)27)19(3)5-2/h14-15,19H,4-13,16-18H2,1-3H3,(H,24,25)(H,26,27). The van der Waals surface area contributed by atoms with Gasteiger partial charge < -0.3 is 10.2 Å². The van der Waals surface area contributed by atoms with Crippen LogP contribution in [0, 0.1) is 16.7 Å². The van der Waals surface area contributed by atoms with Crippen LogP contribution in [0.4, 0.5) is 0 Å². The molecule has 1 rings (SSSR count). The van der Waals surface area contributed by atoms with Crippen LogP contribution >= 0.6 is 0 Å². The second-order valence-electron chi connectivity index (χ2n) is 8.43. The molecule has 0 aliphatic heterocycles. The molecule has 0 aromatic rings. The lowest BCUT2D eigenvalue weighted by molar-refractivity contribution is -0.182. The van der Waals surface area contributed by atoms with Crippen LogP contribution in [0.3, 0.4) is 0 Å². The summed E-state index contributed by atoms with van der Waals surface area (Å²) in [6.45, 7) is 6.08. The van der Waals surface area contributed by atoms with Crippen molar-refractivity contribution in [2.24, 2.45) is 16.7 Å². The highest BCUT2D eigenvalue weighted by molar-refractivity contribution is 5.87. The summed E-state index contributed by atoms with van der Waals surface area (Å²) < 4.78 is 0. The second-order valence-corrected chi connectivity index (χ2v) is 8.43. The highest BCUT2D eigenvalue weighted by Gasteiger charge is 2.62. The number of carboxylic acid groups (broad SMARTS) is 2. The zero-order valence-electron chi connectivity index (χ0n) is 17.6. The topological polar surface area (TPSA) is 74.6 Å². The molecule has 156 valence electrons. The Bertz CT molecular complexity index is 499. The summed E-state index contributed by atoms with van der Waals surface area (Å²) in [5.41, 5.74) is -2.40. The Morgan fingerprint density at radius 3 is 1.85 bits per heavy atom. The van der Waals surface area contributed by atoms with Crippen molar-refractivity contribution in [3.05, 3.63) is 12.2 Å². The number of rotatable bonds is 14. The van der Waals surface area contributed by atoms with Crippen molar-refractivity contribution in [1.82, 2.24) is 0 Å². The van der Waals surface area contributed by atoms with Gasteiger partial charge in [-0.1, -0.05) is 97.1 Å². The summed E-state index contributed by atoms with van der Waals surface area (Å²) in [5.74, 6) is -2.05. The zero-order valence-corrected chi connectivity index (χ0v) is 17.6. The van der Waals surface area contributed by atoms with Crippen LogP contribution in [-0.4, -0.2) is 22.2 Å². The molecule has 2 N–H and O–H groups in total. The number of carbonyl (C=O) groups is 2. The molecule has 0 aromatic carbocycles. The molecule has 0 heterocycles. The minimum atomic E-state index is -1.21. The van der Waals surface area contributed by atoms with Gasteiger partial charge in [0.15, 0.2) is 0 Å². The number of hydrogen-bond acceptors (Lipinski definition) is 2. The van der Waals surface area contributed by atoms with Crippen LogP contribution in [0.15, 0.2) is 12.2 Å². The molecule has 1 aliphatic carbocycles. The fourth-order valence-electron chi connectivity index (χ4n) is 4.90. The number of allylic oxidation sites excluding steroid dienone is 2. The van der Waals surface area contributed by atoms with Crippen LogP contribution in [0.1, 0.15) is 104 Å². The van der Waals surface area contributed by atoms with Crippen molar-refractivity contribution in [2.75, 3.05) is 0 Å². The molecule has 0 saturated carbocycles. The summed E-state index contributed by atoms with van der Waals surface area (Å²) in [5, 5.41) is 20.3. The van der Waals surface area contributed by atoms with E-state index in [-0.39, 0.29) is 5.92 Å². The van der Waals surface area contributed by atoms with E-state index in [1.807, 2.05) is 26.0 Å². The molecule has 0 spiro atoms. The van der Waals surface area contributed by atoms with Gasteiger partial charge in [-0.05, 0) is 25.2 Å². The van der Waals surface area contributed by atoms with Crippen molar-refractivity contribution >= 4 is 11.9 Å². The third-order valence-corrected chi connectivity index (χ3v) is 6.88. The van der Waals surface area contributed by atoms with E-state index in [9.17, 15) is 19.8 Å². The van der Waals surface area contributed by atoms with E-state index in [2.05, 4.69) is 6.92 Å². The van der Waals surface area contributed by atoms with Gasteiger partial charge in [-0.25, -0.2) is 0 Å². The second kappa shape index (κ2) is 11.5. The normalized spacial score (nSPS) is 26.0. The SMILES string of the molecule is CCCCCCCCCCCC1(C(=O)O)CC=CCC1(C(=O)O)C(C)CC. The summed E-state index contributed by atoms with van der Waals surface area (Å²) >= 11 is 0. The maximum atomic E-state index is 12.4. The fourth-order valence-corrected chi connectivity index (χ4v) is 4.90. The minimum Gasteiger partial charge on any atom is -0.481 e. The van der Waals surface area contributed by atoms with Gasteiger partial charge in [-0.15, -0.1) is 0 Å². The maximum absolute atomic E-state index is 12.4. The van der Waals surface area contributed by atoms with Gasteiger partial charge in [0.25, 0.3) is 0 Å². The minimum absolute atomic E-state index is 0.172. The number of unbranched alkanes of at least 4 members (excludes halogenated alkanes) is 8. The molecule has 1 aliphatic rings. The van der Waals surface area contributed by atoms with Crippen molar-refractivity contribution in [3.8, 4) is 0 Å². The molecule has 27 heavy (non-hydrogen) atoms. The molecule has 4 heteroatoms. The van der Waals surface area contributed by atoms with Gasteiger partial charge in [-0.3, -0.25) is 9.59 Å². The predicted octanol–water partition coefficient (Wildman–Crippen LogP) is 6.45. The molecule has 0 radical (unpaired) electrons. The lowest BCUT2D eigenvalue weighted by atomic mass is 9.50. The zero-order chi connectivity index (χ0) is 20.3. The Hall–Kier alpha value is -1.32. The van der Waals surface area contributed by atoms with Crippen LogP contribution in [0.5, 0.6) is 0 Å². The van der Waals surface area contributed by atoms with Gasteiger partial charge >= 0.3 is 11.9 Å². The maximum Gasteiger partial charge on any atom is 0.311 e. The molecular formula is C23H40O4. The van der Waals surface area contributed by atoms with Crippen LogP contribution in [0.2, 0.25) is 0 Å². The number of carboxylic acids is 2. The van der Waals surface area contributed by atoms with Crippen molar-refractivity contribution < 1.29 is 19.8 Å². The molecule has 0 bridgehead atoms. The Morgan fingerprint density at radius 1 is 0.852 bits per heavy atom. The van der Waals surface area contributed by atoms with Crippen molar-refractivity contribution in [2.45, 2.75) is 104 Å². The molecule has 3 unspecified atom stereocenters. The quantitative estimate of drug-likeness (QED) is 0.268. The Balaban J connectivity index is 2.74. The summed E-state index contributed by atoms with van der Waals surface area (Å²) in [7, 11) is 0. The monoisotopic (exact) mass is 380 g/mol. The number of aliphatic carboxylic acids is 2. The number of hydrogen-bond donors (Lipinski definition) is 2. The predicted molar refractivity (Wildman–Crippen MR) is 110 cm³/mol. The Morgan fingerprint density at radius 2 is 1.37 bits per heavy atom. The molecule has 0 fully saturated rings. The lowest BCUT2D eigenvalue weighted by Gasteiger charge is -2.50. The highest BCUT2D eigenvalue weighted by atomic mass is 16.4. The molecule has 0 aromatic heterocycles. The average Bonchev–Trinajstić information content (AvgIpc) is 2.65. The van der Waals surface area contributed by atoms with Gasteiger partial charge in [-0.2, -0.15) is 0 Å².